The number of hydrogen-bond donors (Lipinski definition) is 0. The molecule has 2 heterocycles. The summed E-state index contributed by atoms with van der Waals surface area (Å²) in [6.45, 7) is 0.687. The van der Waals surface area contributed by atoms with E-state index in [2.05, 4.69) is 27.8 Å². The molecule has 0 aliphatic heterocycles. The molecule has 0 atom stereocenters. The number of aromatic nitrogens is 3. The Morgan fingerprint density at radius 2 is 1.77 bits per heavy atom. The van der Waals surface area contributed by atoms with Gasteiger partial charge >= 0.3 is 0 Å². The van der Waals surface area contributed by atoms with Crippen molar-refractivity contribution in [2.45, 2.75) is 13.0 Å². The number of carbonyl (C=O) groups is 1. The highest BCUT2D eigenvalue weighted by molar-refractivity contribution is 5.97. The maximum Gasteiger partial charge on any atom is 0.169 e. The van der Waals surface area contributed by atoms with Crippen molar-refractivity contribution in [3.05, 3.63) is 96.3 Å². The molecule has 0 N–H and O–H groups in total. The molecule has 6 heteroatoms. The van der Waals surface area contributed by atoms with E-state index in [1.54, 1.807) is 38.7 Å². The van der Waals surface area contributed by atoms with Gasteiger partial charge in [0.15, 0.2) is 17.3 Å². The Kier molecular flexibility index (Phi) is 5.66. The average molecular weight is 401 g/mol. The number of benzene rings is 2. The highest BCUT2D eigenvalue weighted by Crippen LogP contribution is 2.28. The second kappa shape index (κ2) is 8.69. The number of imidazole rings is 1. The first-order valence-electron chi connectivity index (χ1n) is 9.64. The minimum Gasteiger partial charge on any atom is -0.493 e. The Morgan fingerprint density at radius 1 is 0.967 bits per heavy atom. The van der Waals surface area contributed by atoms with Gasteiger partial charge in [0.25, 0.3) is 0 Å². The van der Waals surface area contributed by atoms with Crippen molar-refractivity contribution in [3.63, 3.8) is 0 Å². The predicted molar refractivity (Wildman–Crippen MR) is 115 cm³/mol. The van der Waals surface area contributed by atoms with Gasteiger partial charge in [-0.3, -0.25) is 4.79 Å². The zero-order valence-electron chi connectivity index (χ0n) is 17.0. The monoisotopic (exact) mass is 401 g/mol. The summed E-state index contributed by atoms with van der Waals surface area (Å²) in [5.41, 5.74) is 3.58. The third-order valence-corrected chi connectivity index (χ3v) is 4.91. The van der Waals surface area contributed by atoms with Crippen molar-refractivity contribution in [1.29, 1.82) is 0 Å². The van der Waals surface area contributed by atoms with Crippen LogP contribution >= 0.6 is 0 Å². The second-order valence-corrected chi connectivity index (χ2v) is 6.97. The second-order valence-electron chi connectivity index (χ2n) is 6.97. The van der Waals surface area contributed by atoms with Crippen LogP contribution in [0.5, 0.6) is 11.5 Å². The summed E-state index contributed by atoms with van der Waals surface area (Å²) in [6, 6.07) is 17.5. The number of Topliss-reactive ketones (excluding diaryl/α,β-unsaturated/α-hetero) is 1. The van der Waals surface area contributed by atoms with Gasteiger partial charge in [-0.1, -0.05) is 12.1 Å². The molecular formula is C24H23N3O3. The lowest BCUT2D eigenvalue weighted by atomic mass is 10.1. The molecule has 0 saturated heterocycles. The maximum atomic E-state index is 12.7. The third kappa shape index (κ3) is 4.27. The van der Waals surface area contributed by atoms with Crippen LogP contribution in [0, 0.1) is 0 Å². The van der Waals surface area contributed by atoms with E-state index < -0.39 is 0 Å². The van der Waals surface area contributed by atoms with Crippen LogP contribution in [-0.2, 0) is 13.0 Å². The number of rotatable bonds is 8. The normalized spacial score (nSPS) is 10.7. The van der Waals surface area contributed by atoms with Crippen LogP contribution in [-0.4, -0.2) is 34.1 Å². The molecular weight excluding hydrogens is 378 g/mol. The van der Waals surface area contributed by atoms with Crippen molar-refractivity contribution >= 4 is 5.78 Å². The first-order chi connectivity index (χ1) is 14.7. The number of methoxy groups -OCH3 is 2. The molecule has 4 aromatic rings. The first kappa shape index (κ1) is 19.5. The van der Waals surface area contributed by atoms with E-state index in [4.69, 9.17) is 9.47 Å². The third-order valence-electron chi connectivity index (χ3n) is 4.91. The number of nitrogens with zero attached hydrogens (tertiary/aromatic N) is 3. The van der Waals surface area contributed by atoms with E-state index in [9.17, 15) is 4.79 Å². The maximum absolute atomic E-state index is 12.7. The van der Waals surface area contributed by atoms with Crippen molar-refractivity contribution in [2.75, 3.05) is 14.2 Å². The van der Waals surface area contributed by atoms with Crippen LogP contribution in [0.15, 0.2) is 79.5 Å². The van der Waals surface area contributed by atoms with Gasteiger partial charge in [-0.15, -0.1) is 0 Å². The van der Waals surface area contributed by atoms with Crippen LogP contribution in [0.1, 0.15) is 21.6 Å². The molecule has 0 saturated carbocycles. The molecule has 0 amide bonds. The number of ether oxygens (including phenoxy) is 2. The predicted octanol–water partition coefficient (Wildman–Crippen LogP) is 4.16. The largest absolute Gasteiger partial charge is 0.493 e. The lowest BCUT2D eigenvalue weighted by molar-refractivity contribution is 0.0991. The zero-order valence-corrected chi connectivity index (χ0v) is 17.0. The molecule has 2 aromatic heterocycles. The summed E-state index contributed by atoms with van der Waals surface area (Å²) in [4.78, 5) is 17.1. The van der Waals surface area contributed by atoms with E-state index in [1.165, 1.54) is 0 Å². The summed E-state index contributed by atoms with van der Waals surface area (Å²) < 4.78 is 14.6. The average Bonchev–Trinajstić information content (AvgIpc) is 3.46. The van der Waals surface area contributed by atoms with Crippen LogP contribution in [0.2, 0.25) is 0 Å². The van der Waals surface area contributed by atoms with Gasteiger partial charge in [0.1, 0.15) is 0 Å². The lowest BCUT2D eigenvalue weighted by Gasteiger charge is -2.08. The van der Waals surface area contributed by atoms with Gasteiger partial charge in [0, 0.05) is 36.4 Å². The van der Waals surface area contributed by atoms with Gasteiger partial charge in [-0.25, -0.2) is 4.98 Å². The summed E-state index contributed by atoms with van der Waals surface area (Å²) in [7, 11) is 3.12. The van der Waals surface area contributed by atoms with Crippen LogP contribution in [0.3, 0.4) is 0 Å². The Bertz CT molecular complexity index is 1150. The molecule has 0 unspecified atom stereocenters. The van der Waals surface area contributed by atoms with E-state index in [1.807, 2.05) is 41.4 Å². The minimum atomic E-state index is -0.0178. The van der Waals surface area contributed by atoms with Crippen molar-refractivity contribution in [2.24, 2.45) is 0 Å². The number of ketones is 1. The van der Waals surface area contributed by atoms with Crippen LogP contribution < -0.4 is 9.47 Å². The fraction of sp³-hybridized carbons (Fsp3) is 0.167. The quantitative estimate of drug-likeness (QED) is 0.416. The highest BCUT2D eigenvalue weighted by Gasteiger charge is 2.13. The molecule has 0 aliphatic carbocycles. The number of carbonyl (C=O) groups excluding carboxylic acids is 1. The fourth-order valence-corrected chi connectivity index (χ4v) is 3.39. The SMILES string of the molecule is COc1ccc(C(=O)Cc2cn(Cc3cccc(-n4cccc4)c3)cn2)cc1OC. The smallest absolute Gasteiger partial charge is 0.169 e. The minimum absolute atomic E-state index is 0.0178. The summed E-state index contributed by atoms with van der Waals surface area (Å²) in [5.74, 6) is 1.12. The Hall–Kier alpha value is -3.80. The molecule has 0 aliphatic rings. The van der Waals surface area contributed by atoms with Gasteiger partial charge in [0.2, 0.25) is 0 Å². The van der Waals surface area contributed by atoms with Gasteiger partial charge in [-0.05, 0) is 48.0 Å². The summed E-state index contributed by atoms with van der Waals surface area (Å²) in [6.07, 6.45) is 7.95. The van der Waals surface area contributed by atoms with Gasteiger partial charge in [-0.2, -0.15) is 0 Å². The van der Waals surface area contributed by atoms with E-state index in [-0.39, 0.29) is 12.2 Å². The summed E-state index contributed by atoms with van der Waals surface area (Å²) >= 11 is 0. The van der Waals surface area contributed by atoms with Crippen molar-refractivity contribution in [3.8, 4) is 17.2 Å². The molecule has 0 spiro atoms. The van der Waals surface area contributed by atoms with Crippen LogP contribution in [0.4, 0.5) is 0 Å². The molecule has 152 valence electrons. The molecule has 0 radical (unpaired) electrons. The Morgan fingerprint density at radius 3 is 2.53 bits per heavy atom. The first-order valence-corrected chi connectivity index (χ1v) is 9.64. The van der Waals surface area contributed by atoms with Gasteiger partial charge in [0.05, 0.1) is 32.7 Å². The molecule has 2 aromatic carbocycles. The topological polar surface area (TPSA) is 58.3 Å². The molecule has 30 heavy (non-hydrogen) atoms. The van der Waals surface area contributed by atoms with Crippen molar-refractivity contribution < 1.29 is 14.3 Å². The van der Waals surface area contributed by atoms with Crippen molar-refractivity contribution in [1.82, 2.24) is 14.1 Å². The fourth-order valence-electron chi connectivity index (χ4n) is 3.39. The van der Waals surface area contributed by atoms with E-state index in [0.717, 1.165) is 16.9 Å². The highest BCUT2D eigenvalue weighted by atomic mass is 16.5. The summed E-state index contributed by atoms with van der Waals surface area (Å²) in [5, 5.41) is 0. The molecule has 0 fully saturated rings. The zero-order chi connectivity index (χ0) is 20.9. The van der Waals surface area contributed by atoms with Gasteiger partial charge < -0.3 is 18.6 Å². The molecule has 4 rings (SSSR count). The molecule has 0 bridgehead atoms. The number of hydrogen-bond acceptors (Lipinski definition) is 4. The standard InChI is InChI=1S/C24H23N3O3/c1-29-23-9-8-19(13-24(23)30-2)22(28)14-20-16-26(17-25-20)15-18-6-5-7-21(12-18)27-10-3-4-11-27/h3-13,16-17H,14-15H2,1-2H3. The lowest BCUT2D eigenvalue weighted by Crippen LogP contribution is -2.05. The Balaban J connectivity index is 1.45. The van der Waals surface area contributed by atoms with Crippen LogP contribution in [0.25, 0.3) is 5.69 Å². The van der Waals surface area contributed by atoms with E-state index in [0.29, 0.717) is 23.6 Å². The van der Waals surface area contributed by atoms with E-state index >= 15 is 0 Å². The molecule has 6 nitrogen and oxygen atoms in total. The Labute approximate surface area is 175 Å².